The van der Waals surface area contributed by atoms with Gasteiger partial charge in [-0.1, -0.05) is 12.2 Å². The molecule has 0 aromatic carbocycles. The lowest BCUT2D eigenvalue weighted by atomic mass is 10.4. The van der Waals surface area contributed by atoms with Crippen LogP contribution in [0.5, 0.6) is 0 Å². The minimum Gasteiger partial charge on any atom is -0.269 e. The molecule has 0 atom stereocenters. The van der Waals surface area contributed by atoms with Gasteiger partial charge in [0.2, 0.25) is 0 Å². The molecule has 0 aliphatic heterocycles. The van der Waals surface area contributed by atoms with E-state index in [1.165, 1.54) is 0 Å². The minimum atomic E-state index is -3.04. The number of nitrogens with one attached hydrogen (secondary N) is 1. The summed E-state index contributed by atoms with van der Waals surface area (Å²) in [6.45, 7) is 5.12. The fourth-order valence-electron chi connectivity index (χ4n) is 0.275. The highest BCUT2D eigenvalue weighted by Crippen LogP contribution is 1.91. The van der Waals surface area contributed by atoms with E-state index in [1.807, 2.05) is 0 Å². The molecule has 0 saturated carbocycles. The summed E-state index contributed by atoms with van der Waals surface area (Å²) in [6, 6.07) is 0. The molecule has 0 bridgehead atoms. The highest BCUT2D eigenvalue weighted by atomic mass is 19.3. The Morgan fingerprint density at radius 3 is 2.64 bits per heavy atom. The lowest BCUT2D eigenvalue weighted by Gasteiger charge is -2.03. The predicted octanol–water partition coefficient (Wildman–Crippen LogP) is 0.875. The fourth-order valence-corrected chi connectivity index (χ4v) is 0.275. The summed E-state index contributed by atoms with van der Waals surface area (Å²) in [6.07, 6.45) is -3.04. The SMILES string of the molecule is C=C(C)CONC(=O)C(F)F. The van der Waals surface area contributed by atoms with Crippen LogP contribution in [0.4, 0.5) is 8.78 Å². The Kier molecular flexibility index (Phi) is 4.36. The molecule has 0 heterocycles. The van der Waals surface area contributed by atoms with Crippen LogP contribution in [0.25, 0.3) is 0 Å². The zero-order chi connectivity index (χ0) is 8.85. The maximum absolute atomic E-state index is 11.4. The Balaban J connectivity index is 3.39. The summed E-state index contributed by atoms with van der Waals surface area (Å²) >= 11 is 0. The van der Waals surface area contributed by atoms with Crippen molar-refractivity contribution >= 4 is 5.91 Å². The fraction of sp³-hybridized carbons (Fsp3) is 0.500. The first-order valence-corrected chi connectivity index (χ1v) is 2.88. The first-order chi connectivity index (χ1) is 5.04. The molecule has 0 radical (unpaired) electrons. The number of alkyl halides is 2. The van der Waals surface area contributed by atoms with Gasteiger partial charge in [-0.05, 0) is 6.92 Å². The van der Waals surface area contributed by atoms with Gasteiger partial charge < -0.3 is 0 Å². The molecular weight excluding hydrogens is 156 g/mol. The largest absolute Gasteiger partial charge is 0.317 e. The summed E-state index contributed by atoms with van der Waals surface area (Å²) in [7, 11) is 0. The van der Waals surface area contributed by atoms with Crippen molar-refractivity contribution in [1.29, 1.82) is 0 Å². The second-order valence-corrected chi connectivity index (χ2v) is 2.01. The van der Waals surface area contributed by atoms with Gasteiger partial charge in [-0.25, -0.2) is 5.48 Å². The number of carbonyl (C=O) groups is 1. The summed E-state index contributed by atoms with van der Waals surface area (Å²) in [4.78, 5) is 14.4. The minimum absolute atomic E-state index is 0.0401. The first kappa shape index (κ1) is 10.0. The summed E-state index contributed by atoms with van der Waals surface area (Å²) in [5, 5.41) is 0. The average molecular weight is 165 g/mol. The van der Waals surface area contributed by atoms with Crippen molar-refractivity contribution in [1.82, 2.24) is 5.48 Å². The van der Waals surface area contributed by atoms with E-state index in [9.17, 15) is 13.6 Å². The summed E-state index contributed by atoms with van der Waals surface area (Å²) < 4.78 is 22.9. The first-order valence-electron chi connectivity index (χ1n) is 2.88. The number of hydroxylamine groups is 1. The van der Waals surface area contributed by atoms with Gasteiger partial charge in [0.15, 0.2) is 0 Å². The maximum atomic E-state index is 11.4. The van der Waals surface area contributed by atoms with Gasteiger partial charge in [0.25, 0.3) is 0 Å². The van der Waals surface area contributed by atoms with Crippen molar-refractivity contribution in [3.05, 3.63) is 12.2 Å². The number of hydrogen-bond donors (Lipinski definition) is 1. The Labute approximate surface area is 63.0 Å². The second-order valence-electron chi connectivity index (χ2n) is 2.01. The Bertz CT molecular complexity index is 159. The van der Waals surface area contributed by atoms with Gasteiger partial charge in [0.1, 0.15) is 0 Å². The third kappa shape index (κ3) is 5.47. The van der Waals surface area contributed by atoms with Crippen LogP contribution in [0.1, 0.15) is 6.92 Å². The topological polar surface area (TPSA) is 38.3 Å². The lowest BCUT2D eigenvalue weighted by molar-refractivity contribution is -0.144. The number of amides is 1. The third-order valence-corrected chi connectivity index (χ3v) is 0.690. The van der Waals surface area contributed by atoms with Crippen LogP contribution in [0.15, 0.2) is 12.2 Å². The molecule has 1 amide bonds. The van der Waals surface area contributed by atoms with Gasteiger partial charge in [0, 0.05) is 0 Å². The normalized spacial score (nSPS) is 9.82. The molecule has 0 saturated heterocycles. The molecule has 5 heteroatoms. The van der Waals surface area contributed by atoms with E-state index >= 15 is 0 Å². The van der Waals surface area contributed by atoms with Crippen LogP contribution in [0.2, 0.25) is 0 Å². The van der Waals surface area contributed by atoms with Gasteiger partial charge in [-0.2, -0.15) is 8.78 Å². The van der Waals surface area contributed by atoms with Crippen molar-refractivity contribution in [2.45, 2.75) is 13.3 Å². The van der Waals surface area contributed by atoms with E-state index in [-0.39, 0.29) is 6.61 Å². The molecule has 0 aliphatic carbocycles. The number of rotatable bonds is 4. The zero-order valence-corrected chi connectivity index (χ0v) is 6.06. The molecule has 0 rings (SSSR count). The van der Waals surface area contributed by atoms with Gasteiger partial charge >= 0.3 is 12.3 Å². The molecule has 0 fully saturated rings. The third-order valence-electron chi connectivity index (χ3n) is 0.690. The zero-order valence-electron chi connectivity index (χ0n) is 6.06. The van der Waals surface area contributed by atoms with Crippen molar-refractivity contribution in [2.24, 2.45) is 0 Å². The molecule has 0 spiro atoms. The maximum Gasteiger partial charge on any atom is 0.317 e. The predicted molar refractivity (Wildman–Crippen MR) is 34.9 cm³/mol. The number of carbonyl (C=O) groups excluding carboxylic acids is 1. The van der Waals surface area contributed by atoms with Crippen LogP contribution in [0.3, 0.4) is 0 Å². The van der Waals surface area contributed by atoms with Crippen LogP contribution >= 0.6 is 0 Å². The molecule has 11 heavy (non-hydrogen) atoms. The van der Waals surface area contributed by atoms with Crippen LogP contribution in [-0.2, 0) is 9.63 Å². The molecule has 1 N–H and O–H groups in total. The smallest absolute Gasteiger partial charge is 0.269 e. The van der Waals surface area contributed by atoms with Crippen molar-refractivity contribution in [2.75, 3.05) is 6.61 Å². The molecule has 64 valence electrons. The van der Waals surface area contributed by atoms with Gasteiger partial charge in [-0.15, -0.1) is 0 Å². The van der Waals surface area contributed by atoms with E-state index in [0.29, 0.717) is 5.57 Å². The quantitative estimate of drug-likeness (QED) is 0.496. The Morgan fingerprint density at radius 2 is 2.27 bits per heavy atom. The molecule has 0 aromatic rings. The standard InChI is InChI=1S/C6H9F2NO2/c1-4(2)3-11-9-6(10)5(7)8/h5H,1,3H2,2H3,(H,9,10). The van der Waals surface area contributed by atoms with Gasteiger partial charge in [-0.3, -0.25) is 9.63 Å². The summed E-state index contributed by atoms with van der Waals surface area (Å²) in [5.74, 6) is -1.44. The highest BCUT2D eigenvalue weighted by molar-refractivity contribution is 5.77. The monoisotopic (exact) mass is 165 g/mol. The summed E-state index contributed by atoms with van der Waals surface area (Å²) in [5.41, 5.74) is 2.20. The second kappa shape index (κ2) is 4.79. The van der Waals surface area contributed by atoms with E-state index in [0.717, 1.165) is 0 Å². The van der Waals surface area contributed by atoms with Crippen molar-refractivity contribution < 1.29 is 18.4 Å². The van der Waals surface area contributed by atoms with E-state index in [2.05, 4.69) is 11.4 Å². The van der Waals surface area contributed by atoms with Crippen LogP contribution in [-0.4, -0.2) is 18.9 Å². The van der Waals surface area contributed by atoms with Crippen LogP contribution < -0.4 is 5.48 Å². The molecule has 0 unspecified atom stereocenters. The molecule has 0 aromatic heterocycles. The Hall–Kier alpha value is -0.970. The molecule has 3 nitrogen and oxygen atoms in total. The molecule has 0 aliphatic rings. The molecular formula is C6H9F2NO2. The lowest BCUT2D eigenvalue weighted by Crippen LogP contribution is -2.30. The Morgan fingerprint density at radius 1 is 1.73 bits per heavy atom. The number of halogens is 2. The van der Waals surface area contributed by atoms with Crippen LogP contribution in [0, 0.1) is 0 Å². The average Bonchev–Trinajstić information content (AvgIpc) is 1.86. The van der Waals surface area contributed by atoms with E-state index in [4.69, 9.17) is 0 Å². The van der Waals surface area contributed by atoms with E-state index < -0.39 is 12.3 Å². The highest BCUT2D eigenvalue weighted by Gasteiger charge is 2.14. The van der Waals surface area contributed by atoms with Crippen molar-refractivity contribution in [3.8, 4) is 0 Å². The van der Waals surface area contributed by atoms with Gasteiger partial charge in [0.05, 0.1) is 6.61 Å². The van der Waals surface area contributed by atoms with Crippen molar-refractivity contribution in [3.63, 3.8) is 0 Å². The van der Waals surface area contributed by atoms with E-state index in [1.54, 1.807) is 12.4 Å². The number of hydrogen-bond acceptors (Lipinski definition) is 2.